The summed E-state index contributed by atoms with van der Waals surface area (Å²) < 4.78 is 13.7. The average molecular weight is 364 g/mol. The first-order valence-electron chi connectivity index (χ1n) is 8.17. The lowest BCUT2D eigenvalue weighted by Crippen LogP contribution is -2.13. The highest BCUT2D eigenvalue weighted by atomic mass is 19.1. The zero-order chi connectivity index (χ0) is 19.2. The van der Waals surface area contributed by atoms with Gasteiger partial charge in [-0.3, -0.25) is 14.6 Å². The van der Waals surface area contributed by atoms with E-state index in [0.29, 0.717) is 28.3 Å². The van der Waals surface area contributed by atoms with Crippen LogP contribution in [0, 0.1) is 5.82 Å². The van der Waals surface area contributed by atoms with Gasteiger partial charge in [0.05, 0.1) is 23.1 Å². The molecule has 0 saturated carbocycles. The zero-order valence-corrected chi connectivity index (χ0v) is 14.5. The third-order valence-electron chi connectivity index (χ3n) is 3.62. The molecule has 0 fully saturated rings. The van der Waals surface area contributed by atoms with Crippen LogP contribution in [0.3, 0.4) is 0 Å². The van der Waals surface area contributed by atoms with Gasteiger partial charge in [0.1, 0.15) is 5.82 Å². The molecular weight excluding hydrogens is 347 g/mol. The highest BCUT2D eigenvalue weighted by Crippen LogP contribution is 2.20. The second-order valence-electron chi connectivity index (χ2n) is 5.78. The number of anilines is 4. The van der Waals surface area contributed by atoms with Crippen molar-refractivity contribution in [1.82, 2.24) is 4.98 Å². The lowest BCUT2D eigenvalue weighted by atomic mass is 10.2. The van der Waals surface area contributed by atoms with Gasteiger partial charge in [0, 0.05) is 24.5 Å². The van der Waals surface area contributed by atoms with Crippen LogP contribution in [0.2, 0.25) is 0 Å². The summed E-state index contributed by atoms with van der Waals surface area (Å²) in [6.07, 6.45) is 2.93. The number of carbonyl (C=O) groups is 2. The monoisotopic (exact) mass is 364 g/mol. The number of benzene rings is 2. The first kappa shape index (κ1) is 18.1. The molecule has 0 radical (unpaired) electrons. The smallest absolute Gasteiger partial charge is 0.257 e. The Kier molecular flexibility index (Phi) is 5.41. The van der Waals surface area contributed by atoms with Crippen molar-refractivity contribution in [2.24, 2.45) is 0 Å². The van der Waals surface area contributed by atoms with E-state index in [1.54, 1.807) is 48.5 Å². The quantitative estimate of drug-likeness (QED) is 0.634. The van der Waals surface area contributed by atoms with Crippen LogP contribution in [0.1, 0.15) is 17.3 Å². The molecule has 0 aliphatic rings. The van der Waals surface area contributed by atoms with Crippen molar-refractivity contribution in [2.75, 3.05) is 16.0 Å². The molecule has 3 rings (SSSR count). The maximum atomic E-state index is 13.7. The van der Waals surface area contributed by atoms with Crippen molar-refractivity contribution in [3.63, 3.8) is 0 Å². The minimum absolute atomic E-state index is 0.169. The summed E-state index contributed by atoms with van der Waals surface area (Å²) in [5, 5.41) is 8.30. The van der Waals surface area contributed by atoms with E-state index in [1.807, 2.05) is 0 Å². The molecule has 0 aliphatic carbocycles. The maximum absolute atomic E-state index is 13.7. The molecule has 27 heavy (non-hydrogen) atoms. The van der Waals surface area contributed by atoms with Gasteiger partial charge in [0.2, 0.25) is 5.91 Å². The number of carbonyl (C=O) groups excluding carboxylic acids is 2. The minimum Gasteiger partial charge on any atom is -0.352 e. The third kappa shape index (κ3) is 4.88. The number of halogens is 1. The highest BCUT2D eigenvalue weighted by molar-refractivity contribution is 6.04. The Morgan fingerprint density at radius 1 is 0.889 bits per heavy atom. The summed E-state index contributed by atoms with van der Waals surface area (Å²) in [6, 6.07) is 14.6. The summed E-state index contributed by atoms with van der Waals surface area (Å²) in [7, 11) is 0. The Labute approximate surface area is 155 Å². The van der Waals surface area contributed by atoms with Gasteiger partial charge in [-0.15, -0.1) is 0 Å². The summed E-state index contributed by atoms with van der Waals surface area (Å²) in [5.74, 6) is -0.921. The zero-order valence-electron chi connectivity index (χ0n) is 14.5. The fourth-order valence-corrected chi connectivity index (χ4v) is 2.39. The van der Waals surface area contributed by atoms with Gasteiger partial charge in [-0.1, -0.05) is 12.1 Å². The van der Waals surface area contributed by atoms with Gasteiger partial charge < -0.3 is 16.0 Å². The van der Waals surface area contributed by atoms with Crippen LogP contribution >= 0.6 is 0 Å². The Bertz CT molecular complexity index is 974. The molecule has 0 spiro atoms. The fraction of sp³-hybridized carbons (Fsp3) is 0.0500. The van der Waals surface area contributed by atoms with E-state index in [2.05, 4.69) is 20.9 Å². The van der Waals surface area contributed by atoms with E-state index in [0.717, 1.165) is 0 Å². The number of para-hydroxylation sites is 1. The first-order chi connectivity index (χ1) is 13.0. The molecule has 7 heteroatoms. The van der Waals surface area contributed by atoms with Crippen LogP contribution in [0.4, 0.5) is 27.1 Å². The standard InChI is InChI=1S/C20H17FN4O2/c1-13(26)23-15-6-8-16(9-7-15)25-20(27)14-10-17(12-22-11-14)24-19-5-3-2-4-18(19)21/h2-12,24H,1H3,(H,23,26)(H,25,27). The molecule has 0 bridgehead atoms. The number of nitrogens with zero attached hydrogens (tertiary/aromatic N) is 1. The van der Waals surface area contributed by atoms with Crippen LogP contribution in [-0.4, -0.2) is 16.8 Å². The average Bonchev–Trinajstić information content (AvgIpc) is 2.65. The Morgan fingerprint density at radius 3 is 2.22 bits per heavy atom. The van der Waals surface area contributed by atoms with E-state index < -0.39 is 5.82 Å². The summed E-state index contributed by atoms with van der Waals surface area (Å²) in [4.78, 5) is 27.5. The number of aromatic nitrogens is 1. The Morgan fingerprint density at radius 2 is 1.56 bits per heavy atom. The van der Waals surface area contributed by atoms with E-state index in [4.69, 9.17) is 0 Å². The molecule has 2 aromatic carbocycles. The molecule has 2 amide bonds. The normalized spacial score (nSPS) is 10.1. The highest BCUT2D eigenvalue weighted by Gasteiger charge is 2.09. The van der Waals surface area contributed by atoms with Gasteiger partial charge in [-0.25, -0.2) is 4.39 Å². The van der Waals surface area contributed by atoms with Crippen LogP contribution < -0.4 is 16.0 Å². The number of rotatable bonds is 5. The SMILES string of the molecule is CC(=O)Nc1ccc(NC(=O)c2cncc(Nc3ccccc3F)c2)cc1. The first-order valence-corrected chi connectivity index (χ1v) is 8.17. The lowest BCUT2D eigenvalue weighted by molar-refractivity contribution is -0.114. The van der Waals surface area contributed by atoms with Gasteiger partial charge in [-0.05, 0) is 42.5 Å². The van der Waals surface area contributed by atoms with Crippen LogP contribution in [0.15, 0.2) is 67.0 Å². The third-order valence-corrected chi connectivity index (χ3v) is 3.62. The largest absolute Gasteiger partial charge is 0.352 e. The number of pyridine rings is 1. The number of hydrogen-bond acceptors (Lipinski definition) is 4. The molecule has 3 N–H and O–H groups in total. The van der Waals surface area contributed by atoms with Crippen LogP contribution in [-0.2, 0) is 4.79 Å². The summed E-state index contributed by atoms with van der Waals surface area (Å²) >= 11 is 0. The van der Waals surface area contributed by atoms with Crippen molar-refractivity contribution in [3.8, 4) is 0 Å². The van der Waals surface area contributed by atoms with Gasteiger partial charge >= 0.3 is 0 Å². The maximum Gasteiger partial charge on any atom is 0.257 e. The summed E-state index contributed by atoms with van der Waals surface area (Å²) in [6.45, 7) is 1.42. The van der Waals surface area contributed by atoms with E-state index in [-0.39, 0.29) is 11.8 Å². The predicted octanol–water partition coefficient (Wildman–Crippen LogP) is 4.18. The second-order valence-corrected chi connectivity index (χ2v) is 5.78. The lowest BCUT2D eigenvalue weighted by Gasteiger charge is -2.10. The topological polar surface area (TPSA) is 83.1 Å². The van der Waals surface area contributed by atoms with Crippen LogP contribution in [0.25, 0.3) is 0 Å². The summed E-state index contributed by atoms with van der Waals surface area (Å²) in [5.41, 5.74) is 2.32. The van der Waals surface area contributed by atoms with E-state index in [1.165, 1.54) is 25.4 Å². The van der Waals surface area contributed by atoms with E-state index in [9.17, 15) is 14.0 Å². The van der Waals surface area contributed by atoms with E-state index >= 15 is 0 Å². The molecule has 3 aromatic rings. The second kappa shape index (κ2) is 8.09. The Hall–Kier alpha value is -3.74. The molecule has 6 nitrogen and oxygen atoms in total. The van der Waals surface area contributed by atoms with Crippen molar-refractivity contribution in [1.29, 1.82) is 0 Å². The number of nitrogens with one attached hydrogen (secondary N) is 3. The predicted molar refractivity (Wildman–Crippen MR) is 103 cm³/mol. The van der Waals surface area contributed by atoms with Crippen molar-refractivity contribution >= 4 is 34.6 Å². The molecule has 136 valence electrons. The van der Waals surface area contributed by atoms with Crippen molar-refractivity contribution in [2.45, 2.75) is 6.92 Å². The number of amides is 2. The molecule has 0 atom stereocenters. The Balaban J connectivity index is 1.70. The molecule has 0 unspecified atom stereocenters. The molecule has 1 aromatic heterocycles. The van der Waals surface area contributed by atoms with Gasteiger partial charge in [0.25, 0.3) is 5.91 Å². The molecule has 1 heterocycles. The van der Waals surface area contributed by atoms with Gasteiger partial charge in [-0.2, -0.15) is 0 Å². The van der Waals surface area contributed by atoms with Crippen molar-refractivity contribution < 1.29 is 14.0 Å². The number of hydrogen-bond donors (Lipinski definition) is 3. The molecule has 0 aliphatic heterocycles. The molecular formula is C20H17FN4O2. The minimum atomic E-state index is -0.397. The van der Waals surface area contributed by atoms with Crippen molar-refractivity contribution in [3.05, 3.63) is 78.4 Å². The molecule has 0 saturated heterocycles. The fourth-order valence-electron chi connectivity index (χ4n) is 2.39. The van der Waals surface area contributed by atoms with Gasteiger partial charge in [0.15, 0.2) is 0 Å². The van der Waals surface area contributed by atoms with Crippen LogP contribution in [0.5, 0.6) is 0 Å².